The summed E-state index contributed by atoms with van der Waals surface area (Å²) >= 11 is 5.94. The van der Waals surface area contributed by atoms with Gasteiger partial charge in [0.25, 0.3) is 0 Å². The molecule has 0 radical (unpaired) electrons. The largest absolute Gasteiger partial charge is 0.266 e. The van der Waals surface area contributed by atoms with Crippen molar-refractivity contribution < 1.29 is 0 Å². The highest BCUT2D eigenvalue weighted by Crippen LogP contribution is 2.30. The van der Waals surface area contributed by atoms with Crippen LogP contribution in [0.3, 0.4) is 0 Å². The van der Waals surface area contributed by atoms with E-state index in [-0.39, 0.29) is 0 Å². The van der Waals surface area contributed by atoms with Crippen LogP contribution in [-0.2, 0) is 5.88 Å². The monoisotopic (exact) mass is 226 g/mol. The average molecular weight is 227 g/mol. The summed E-state index contributed by atoms with van der Waals surface area (Å²) in [5, 5.41) is 4.64. The normalized spacial score (nSPS) is 18.3. The minimum absolute atomic E-state index is 0.588. The number of nitrogens with zero attached hydrogens (tertiary/aromatic N) is 2. The van der Waals surface area contributed by atoms with Gasteiger partial charge in [-0.3, -0.25) is 4.68 Å². The van der Waals surface area contributed by atoms with Crippen LogP contribution in [-0.4, -0.2) is 9.78 Å². The number of aromatic nitrogens is 2. The fourth-order valence-corrected chi connectivity index (χ4v) is 2.96. The minimum atomic E-state index is 0.588. The van der Waals surface area contributed by atoms with Gasteiger partial charge in [-0.25, -0.2) is 0 Å². The van der Waals surface area contributed by atoms with Crippen LogP contribution in [0.2, 0.25) is 0 Å². The molecule has 0 N–H and O–H groups in total. The molecule has 1 aliphatic rings. The van der Waals surface area contributed by atoms with Crippen LogP contribution in [0.25, 0.3) is 0 Å². The Hall–Kier alpha value is -0.500. The molecule has 0 atom stereocenters. The number of hydrogen-bond donors (Lipinski definition) is 0. The first-order valence-electron chi connectivity index (χ1n) is 5.84. The Kier molecular flexibility index (Phi) is 3.35. The van der Waals surface area contributed by atoms with Crippen molar-refractivity contribution in [3.63, 3.8) is 0 Å². The fourth-order valence-electron chi connectivity index (χ4n) is 2.57. The van der Waals surface area contributed by atoms with E-state index in [1.807, 2.05) is 0 Å². The van der Waals surface area contributed by atoms with Gasteiger partial charge < -0.3 is 0 Å². The second kappa shape index (κ2) is 4.56. The SMILES string of the molecule is Cc1nn(C2CCCCC2)c(C)c1CCl. The highest BCUT2D eigenvalue weighted by molar-refractivity contribution is 6.17. The average Bonchev–Trinajstić information content (AvgIpc) is 2.55. The van der Waals surface area contributed by atoms with Gasteiger partial charge in [0.05, 0.1) is 17.6 Å². The van der Waals surface area contributed by atoms with E-state index in [2.05, 4.69) is 23.6 Å². The summed E-state index contributed by atoms with van der Waals surface area (Å²) < 4.78 is 2.21. The first kappa shape index (κ1) is 11.0. The molecule has 1 aromatic heterocycles. The molecular formula is C12H19ClN2. The Morgan fingerprint density at radius 1 is 1.27 bits per heavy atom. The van der Waals surface area contributed by atoms with E-state index < -0.39 is 0 Å². The van der Waals surface area contributed by atoms with Crippen molar-refractivity contribution >= 4 is 11.6 Å². The standard InChI is InChI=1S/C12H19ClN2/c1-9-12(8-13)10(2)15(14-9)11-6-4-3-5-7-11/h11H,3-8H2,1-2H3. The van der Waals surface area contributed by atoms with Gasteiger partial charge in [0, 0.05) is 11.3 Å². The predicted octanol–water partition coefficient (Wildman–Crippen LogP) is 3.74. The van der Waals surface area contributed by atoms with Crippen molar-refractivity contribution in [3.8, 4) is 0 Å². The first-order valence-corrected chi connectivity index (χ1v) is 6.38. The summed E-state index contributed by atoms with van der Waals surface area (Å²) in [7, 11) is 0. The van der Waals surface area contributed by atoms with Gasteiger partial charge in [0.2, 0.25) is 0 Å². The molecular weight excluding hydrogens is 208 g/mol. The molecule has 0 bridgehead atoms. The van der Waals surface area contributed by atoms with Crippen LogP contribution >= 0.6 is 11.6 Å². The Labute approximate surface area is 96.6 Å². The number of rotatable bonds is 2. The molecule has 15 heavy (non-hydrogen) atoms. The molecule has 0 amide bonds. The molecule has 0 spiro atoms. The van der Waals surface area contributed by atoms with E-state index in [9.17, 15) is 0 Å². The van der Waals surface area contributed by atoms with Crippen LogP contribution in [0.5, 0.6) is 0 Å². The molecule has 1 saturated carbocycles. The summed E-state index contributed by atoms with van der Waals surface area (Å²) in [4.78, 5) is 0. The summed E-state index contributed by atoms with van der Waals surface area (Å²) in [6, 6.07) is 0.620. The summed E-state index contributed by atoms with van der Waals surface area (Å²) in [5.74, 6) is 0.588. The molecule has 1 heterocycles. The second-order valence-corrected chi connectivity index (χ2v) is 4.79. The van der Waals surface area contributed by atoms with Crippen molar-refractivity contribution in [1.29, 1.82) is 0 Å². The molecule has 2 nitrogen and oxygen atoms in total. The lowest BCUT2D eigenvalue weighted by Crippen LogP contribution is -2.15. The zero-order valence-electron chi connectivity index (χ0n) is 9.59. The molecule has 0 saturated heterocycles. The lowest BCUT2D eigenvalue weighted by Gasteiger charge is -2.23. The summed E-state index contributed by atoms with van der Waals surface area (Å²) in [6.07, 6.45) is 6.64. The van der Waals surface area contributed by atoms with E-state index in [0.717, 1.165) is 5.69 Å². The van der Waals surface area contributed by atoms with Crippen molar-refractivity contribution in [3.05, 3.63) is 17.0 Å². The van der Waals surface area contributed by atoms with Crippen molar-refractivity contribution in [2.75, 3.05) is 0 Å². The minimum Gasteiger partial charge on any atom is -0.266 e. The van der Waals surface area contributed by atoms with E-state index in [1.54, 1.807) is 0 Å². The number of hydrogen-bond acceptors (Lipinski definition) is 1. The zero-order valence-corrected chi connectivity index (χ0v) is 10.3. The molecule has 84 valence electrons. The Bertz CT molecular complexity index is 338. The third kappa shape index (κ3) is 2.05. The molecule has 0 aromatic carbocycles. The summed E-state index contributed by atoms with van der Waals surface area (Å²) in [6.45, 7) is 4.20. The Morgan fingerprint density at radius 2 is 1.93 bits per heavy atom. The second-order valence-electron chi connectivity index (χ2n) is 4.52. The maximum absolute atomic E-state index is 5.94. The molecule has 1 aromatic rings. The maximum atomic E-state index is 5.94. The van der Waals surface area contributed by atoms with Crippen LogP contribution in [0.15, 0.2) is 0 Å². The molecule has 1 aliphatic carbocycles. The lowest BCUT2D eigenvalue weighted by molar-refractivity contribution is 0.324. The topological polar surface area (TPSA) is 17.8 Å². The van der Waals surface area contributed by atoms with Crippen molar-refractivity contribution in [2.24, 2.45) is 0 Å². The van der Waals surface area contributed by atoms with Crippen molar-refractivity contribution in [2.45, 2.75) is 57.9 Å². The first-order chi connectivity index (χ1) is 7.24. The number of alkyl halides is 1. The highest BCUT2D eigenvalue weighted by Gasteiger charge is 2.20. The van der Waals surface area contributed by atoms with Crippen LogP contribution in [0.1, 0.15) is 55.1 Å². The molecule has 0 unspecified atom stereocenters. The molecule has 3 heteroatoms. The smallest absolute Gasteiger partial charge is 0.0640 e. The van der Waals surface area contributed by atoms with Gasteiger partial charge in [-0.2, -0.15) is 5.10 Å². The zero-order chi connectivity index (χ0) is 10.8. The van der Waals surface area contributed by atoms with E-state index >= 15 is 0 Å². The van der Waals surface area contributed by atoms with Crippen LogP contribution in [0, 0.1) is 13.8 Å². The van der Waals surface area contributed by atoms with E-state index in [0.29, 0.717) is 11.9 Å². The van der Waals surface area contributed by atoms with Crippen LogP contribution < -0.4 is 0 Å². The van der Waals surface area contributed by atoms with E-state index in [1.165, 1.54) is 43.4 Å². The number of halogens is 1. The van der Waals surface area contributed by atoms with Crippen LogP contribution in [0.4, 0.5) is 0 Å². The Balaban J connectivity index is 2.27. The van der Waals surface area contributed by atoms with Gasteiger partial charge in [0.15, 0.2) is 0 Å². The maximum Gasteiger partial charge on any atom is 0.0640 e. The van der Waals surface area contributed by atoms with E-state index in [4.69, 9.17) is 11.6 Å². The van der Waals surface area contributed by atoms with Gasteiger partial charge in [-0.15, -0.1) is 11.6 Å². The molecule has 2 rings (SSSR count). The molecule has 1 fully saturated rings. The van der Waals surface area contributed by atoms with Gasteiger partial charge in [0.1, 0.15) is 0 Å². The lowest BCUT2D eigenvalue weighted by atomic mass is 9.95. The summed E-state index contributed by atoms with van der Waals surface area (Å²) in [5.41, 5.74) is 3.60. The van der Waals surface area contributed by atoms with Gasteiger partial charge in [-0.1, -0.05) is 19.3 Å². The molecule has 0 aliphatic heterocycles. The predicted molar refractivity (Wildman–Crippen MR) is 63.4 cm³/mol. The highest BCUT2D eigenvalue weighted by atomic mass is 35.5. The number of aryl methyl sites for hydroxylation is 1. The fraction of sp³-hybridized carbons (Fsp3) is 0.750. The van der Waals surface area contributed by atoms with Gasteiger partial charge in [-0.05, 0) is 26.7 Å². The third-order valence-corrected chi connectivity index (χ3v) is 3.80. The van der Waals surface area contributed by atoms with Crippen molar-refractivity contribution in [1.82, 2.24) is 9.78 Å². The third-order valence-electron chi connectivity index (χ3n) is 3.53. The quantitative estimate of drug-likeness (QED) is 0.703. The van der Waals surface area contributed by atoms with Gasteiger partial charge >= 0.3 is 0 Å². The Morgan fingerprint density at radius 3 is 2.47 bits per heavy atom.